The Bertz CT molecular complexity index is 396. The zero-order valence-electron chi connectivity index (χ0n) is 9.40. The first kappa shape index (κ1) is 10.7. The molecule has 2 aliphatic heterocycles. The highest BCUT2D eigenvalue weighted by Crippen LogP contribution is 2.49. The van der Waals surface area contributed by atoms with E-state index in [2.05, 4.69) is 5.32 Å². The second-order valence-corrected chi connectivity index (χ2v) is 4.99. The monoisotopic (exact) mass is 238 g/mol. The van der Waals surface area contributed by atoms with Gasteiger partial charge in [0.25, 0.3) is 0 Å². The lowest BCUT2D eigenvalue weighted by atomic mass is 10.0. The second kappa shape index (κ2) is 3.53. The summed E-state index contributed by atoms with van der Waals surface area (Å²) < 4.78 is 5.22. The van der Waals surface area contributed by atoms with Crippen molar-refractivity contribution in [3.05, 3.63) is 0 Å². The number of carbonyl (C=O) groups excluding carboxylic acids is 3. The minimum atomic E-state index is -0.923. The number of imide groups is 2. The van der Waals surface area contributed by atoms with E-state index in [4.69, 9.17) is 4.74 Å². The maximum absolute atomic E-state index is 12.1. The van der Waals surface area contributed by atoms with Crippen molar-refractivity contribution in [2.24, 2.45) is 11.3 Å². The number of rotatable bonds is 2. The Morgan fingerprint density at radius 2 is 2.12 bits per heavy atom. The van der Waals surface area contributed by atoms with Gasteiger partial charge in [-0.1, -0.05) is 0 Å². The van der Waals surface area contributed by atoms with Crippen molar-refractivity contribution >= 4 is 17.8 Å². The minimum Gasteiger partial charge on any atom is -0.381 e. The molecule has 3 rings (SSSR count). The van der Waals surface area contributed by atoms with Crippen LogP contribution in [0.5, 0.6) is 0 Å². The van der Waals surface area contributed by atoms with Gasteiger partial charge < -0.3 is 4.74 Å². The highest BCUT2D eigenvalue weighted by atomic mass is 16.5. The molecule has 17 heavy (non-hydrogen) atoms. The van der Waals surface area contributed by atoms with E-state index >= 15 is 0 Å². The standard InChI is InChI=1S/C11H14N2O4/c14-8-11(2-3-11)9(15)13(10(16)12-8)5-7-1-4-17-6-7/h7H,1-6H2,(H,12,14,16). The summed E-state index contributed by atoms with van der Waals surface area (Å²) in [6.07, 6.45) is 1.98. The molecule has 0 aromatic heterocycles. The van der Waals surface area contributed by atoms with Crippen LogP contribution in [0.4, 0.5) is 4.79 Å². The molecule has 1 spiro atoms. The number of amides is 4. The topological polar surface area (TPSA) is 75.7 Å². The van der Waals surface area contributed by atoms with Gasteiger partial charge in [-0.25, -0.2) is 4.79 Å². The van der Waals surface area contributed by atoms with Gasteiger partial charge in [0.15, 0.2) is 0 Å². The predicted molar refractivity (Wildman–Crippen MR) is 55.8 cm³/mol. The maximum Gasteiger partial charge on any atom is 0.330 e. The summed E-state index contributed by atoms with van der Waals surface area (Å²) in [5.41, 5.74) is -0.923. The average Bonchev–Trinajstić information content (AvgIpc) is 2.95. The maximum atomic E-state index is 12.1. The van der Waals surface area contributed by atoms with Gasteiger partial charge in [0.05, 0.1) is 6.61 Å². The van der Waals surface area contributed by atoms with Crippen LogP contribution in [0.15, 0.2) is 0 Å². The van der Waals surface area contributed by atoms with Crippen LogP contribution in [0.2, 0.25) is 0 Å². The van der Waals surface area contributed by atoms with E-state index in [1.54, 1.807) is 0 Å². The van der Waals surface area contributed by atoms with Gasteiger partial charge in [0.2, 0.25) is 11.8 Å². The lowest BCUT2D eigenvalue weighted by Gasteiger charge is -2.31. The summed E-state index contributed by atoms with van der Waals surface area (Å²) in [6, 6.07) is -0.579. The smallest absolute Gasteiger partial charge is 0.330 e. The minimum absolute atomic E-state index is 0.203. The first-order chi connectivity index (χ1) is 8.13. The number of hydrogen-bond donors (Lipinski definition) is 1. The van der Waals surface area contributed by atoms with Crippen LogP contribution in [0.25, 0.3) is 0 Å². The fraction of sp³-hybridized carbons (Fsp3) is 0.727. The number of urea groups is 1. The van der Waals surface area contributed by atoms with Crippen molar-refractivity contribution in [3.63, 3.8) is 0 Å². The van der Waals surface area contributed by atoms with E-state index in [1.807, 2.05) is 0 Å². The normalized spacial score (nSPS) is 30.9. The third-order valence-electron chi connectivity index (χ3n) is 3.77. The fourth-order valence-corrected chi connectivity index (χ4v) is 2.45. The zero-order chi connectivity index (χ0) is 12.0. The number of nitrogens with zero attached hydrogens (tertiary/aromatic N) is 1. The van der Waals surface area contributed by atoms with Crippen LogP contribution in [-0.2, 0) is 14.3 Å². The number of carbonyl (C=O) groups is 3. The Morgan fingerprint density at radius 1 is 1.35 bits per heavy atom. The summed E-state index contributed by atoms with van der Waals surface area (Å²) in [5.74, 6) is -0.543. The molecule has 6 nitrogen and oxygen atoms in total. The first-order valence-corrected chi connectivity index (χ1v) is 5.89. The Labute approximate surface area is 98.3 Å². The van der Waals surface area contributed by atoms with Gasteiger partial charge in [-0.3, -0.25) is 19.8 Å². The molecule has 0 aromatic carbocycles. The van der Waals surface area contributed by atoms with Crippen molar-refractivity contribution in [3.8, 4) is 0 Å². The molecule has 1 saturated carbocycles. The second-order valence-electron chi connectivity index (χ2n) is 4.99. The van der Waals surface area contributed by atoms with Crippen molar-refractivity contribution in [2.75, 3.05) is 19.8 Å². The first-order valence-electron chi connectivity index (χ1n) is 5.89. The van der Waals surface area contributed by atoms with E-state index in [1.165, 1.54) is 4.90 Å². The van der Waals surface area contributed by atoms with E-state index < -0.39 is 17.4 Å². The van der Waals surface area contributed by atoms with E-state index in [0.717, 1.165) is 6.42 Å². The van der Waals surface area contributed by atoms with Crippen LogP contribution < -0.4 is 5.32 Å². The van der Waals surface area contributed by atoms with Crippen molar-refractivity contribution in [2.45, 2.75) is 19.3 Å². The largest absolute Gasteiger partial charge is 0.381 e. The lowest BCUT2D eigenvalue weighted by molar-refractivity contribution is -0.145. The van der Waals surface area contributed by atoms with E-state index in [-0.39, 0.29) is 11.8 Å². The molecule has 1 aliphatic carbocycles. The molecule has 3 fully saturated rings. The van der Waals surface area contributed by atoms with Crippen LogP contribution in [0.3, 0.4) is 0 Å². The third-order valence-corrected chi connectivity index (χ3v) is 3.77. The molecule has 0 bridgehead atoms. The van der Waals surface area contributed by atoms with Crippen LogP contribution in [0.1, 0.15) is 19.3 Å². The Balaban J connectivity index is 1.76. The van der Waals surface area contributed by atoms with E-state index in [0.29, 0.717) is 32.6 Å². The summed E-state index contributed by atoms with van der Waals surface area (Å²) in [7, 11) is 0. The molecule has 1 N–H and O–H groups in total. The van der Waals surface area contributed by atoms with Crippen LogP contribution >= 0.6 is 0 Å². The van der Waals surface area contributed by atoms with Gasteiger partial charge in [-0.15, -0.1) is 0 Å². The predicted octanol–water partition coefficient (Wildman–Crippen LogP) is -0.119. The highest BCUT2D eigenvalue weighted by Gasteiger charge is 2.62. The van der Waals surface area contributed by atoms with Gasteiger partial charge in [0.1, 0.15) is 5.41 Å². The summed E-state index contributed by atoms with van der Waals surface area (Å²) in [5, 5.41) is 2.27. The van der Waals surface area contributed by atoms with Crippen molar-refractivity contribution in [1.82, 2.24) is 10.2 Å². The molecule has 92 valence electrons. The summed E-state index contributed by atoms with van der Waals surface area (Å²) in [6.45, 7) is 1.62. The molecular formula is C11H14N2O4. The molecule has 1 unspecified atom stereocenters. The average molecular weight is 238 g/mol. The van der Waals surface area contributed by atoms with E-state index in [9.17, 15) is 14.4 Å². The Hall–Kier alpha value is -1.43. The zero-order valence-corrected chi connectivity index (χ0v) is 9.40. The van der Waals surface area contributed by atoms with Crippen molar-refractivity contribution < 1.29 is 19.1 Å². The Kier molecular flexibility index (Phi) is 2.22. The number of nitrogens with one attached hydrogen (secondary N) is 1. The number of ether oxygens (including phenoxy) is 1. The lowest BCUT2D eigenvalue weighted by Crippen LogP contribution is -2.60. The molecule has 2 heterocycles. The van der Waals surface area contributed by atoms with Gasteiger partial charge >= 0.3 is 6.03 Å². The summed E-state index contributed by atoms with van der Waals surface area (Å²) >= 11 is 0. The molecular weight excluding hydrogens is 224 g/mol. The highest BCUT2D eigenvalue weighted by molar-refractivity contribution is 6.20. The SMILES string of the molecule is O=C1NC(=O)C2(CC2)C(=O)N1CC1CCOC1. The molecule has 0 radical (unpaired) electrons. The molecule has 0 aromatic rings. The quantitative estimate of drug-likeness (QED) is 0.680. The molecule has 4 amide bonds. The molecule has 2 saturated heterocycles. The molecule has 1 atom stereocenters. The Morgan fingerprint density at radius 3 is 2.71 bits per heavy atom. The van der Waals surface area contributed by atoms with Gasteiger partial charge in [-0.05, 0) is 19.3 Å². The molecule has 3 aliphatic rings. The third kappa shape index (κ3) is 1.55. The van der Waals surface area contributed by atoms with Gasteiger partial charge in [0, 0.05) is 19.1 Å². The fourth-order valence-electron chi connectivity index (χ4n) is 2.45. The summed E-state index contributed by atoms with van der Waals surface area (Å²) in [4.78, 5) is 36.5. The number of hydrogen-bond acceptors (Lipinski definition) is 4. The number of barbiturate groups is 1. The van der Waals surface area contributed by atoms with Crippen LogP contribution in [0, 0.1) is 11.3 Å². The van der Waals surface area contributed by atoms with Gasteiger partial charge in [-0.2, -0.15) is 0 Å². The molecule has 6 heteroatoms. The van der Waals surface area contributed by atoms with Crippen LogP contribution in [-0.4, -0.2) is 42.5 Å². The van der Waals surface area contributed by atoms with Crippen molar-refractivity contribution in [1.29, 1.82) is 0 Å².